The van der Waals surface area contributed by atoms with Crippen LogP contribution in [0.1, 0.15) is 37.5 Å². The minimum atomic E-state index is -0.654. The third-order valence-electron chi connectivity index (χ3n) is 3.89. The average molecular weight is 343 g/mol. The van der Waals surface area contributed by atoms with E-state index in [1.165, 1.54) is 6.07 Å². The number of amides is 1. The van der Waals surface area contributed by atoms with Crippen LogP contribution < -0.4 is 5.32 Å². The number of hydrogen-bond donors (Lipinski definition) is 1. The van der Waals surface area contributed by atoms with Gasteiger partial charge >= 0.3 is 0 Å². The van der Waals surface area contributed by atoms with E-state index in [2.05, 4.69) is 10.3 Å². The zero-order valence-corrected chi connectivity index (χ0v) is 14.5. The van der Waals surface area contributed by atoms with Crippen molar-refractivity contribution in [2.24, 2.45) is 7.05 Å². The van der Waals surface area contributed by atoms with Crippen LogP contribution in [-0.4, -0.2) is 15.5 Å². The average Bonchev–Trinajstić information content (AvgIpc) is 3.11. The minimum absolute atomic E-state index is 0.229. The van der Waals surface area contributed by atoms with E-state index < -0.39 is 6.04 Å². The van der Waals surface area contributed by atoms with Crippen molar-refractivity contribution in [3.8, 4) is 0 Å². The van der Waals surface area contributed by atoms with Gasteiger partial charge in [0.1, 0.15) is 17.7 Å². The molecule has 1 amide bonds. The number of carbonyl (C=O) groups is 1. The van der Waals surface area contributed by atoms with E-state index in [9.17, 15) is 9.18 Å². The van der Waals surface area contributed by atoms with E-state index >= 15 is 0 Å². The number of thiophene rings is 1. The van der Waals surface area contributed by atoms with Crippen molar-refractivity contribution >= 4 is 17.2 Å². The van der Waals surface area contributed by atoms with Gasteiger partial charge in [-0.1, -0.05) is 18.2 Å². The molecular formula is C18H18FN3OS. The number of halogens is 1. The fourth-order valence-corrected chi connectivity index (χ4v) is 3.63. The maximum Gasteiger partial charge on any atom is 0.253 e. The highest BCUT2D eigenvalue weighted by molar-refractivity contribution is 7.12. The summed E-state index contributed by atoms with van der Waals surface area (Å²) in [6.45, 7) is 3.87. The number of benzene rings is 1. The Balaban J connectivity index is 2.00. The topological polar surface area (TPSA) is 46.9 Å². The maximum absolute atomic E-state index is 14.3. The zero-order valence-electron chi connectivity index (χ0n) is 13.7. The van der Waals surface area contributed by atoms with E-state index in [1.807, 2.05) is 27.0 Å². The molecule has 1 aromatic carbocycles. The molecule has 0 bridgehead atoms. The Labute approximate surface area is 144 Å². The first kappa shape index (κ1) is 16.4. The summed E-state index contributed by atoms with van der Waals surface area (Å²) >= 11 is 1.57. The molecule has 0 saturated heterocycles. The Morgan fingerprint density at radius 1 is 1.33 bits per heavy atom. The number of nitrogens with one attached hydrogen (secondary N) is 1. The van der Waals surface area contributed by atoms with Gasteiger partial charge in [0.05, 0.1) is 5.56 Å². The molecule has 4 nitrogen and oxygen atoms in total. The van der Waals surface area contributed by atoms with Gasteiger partial charge in [0.15, 0.2) is 0 Å². The molecule has 0 aliphatic heterocycles. The molecule has 2 heterocycles. The van der Waals surface area contributed by atoms with Crippen LogP contribution in [0.25, 0.3) is 0 Å². The second-order valence-corrected chi connectivity index (χ2v) is 7.11. The predicted molar refractivity (Wildman–Crippen MR) is 92.7 cm³/mol. The fraction of sp³-hybridized carbons (Fsp3) is 0.222. The summed E-state index contributed by atoms with van der Waals surface area (Å²) in [5.74, 6) is -0.0184. The van der Waals surface area contributed by atoms with Crippen LogP contribution in [0.4, 0.5) is 4.39 Å². The SMILES string of the molecule is Cc1cc(C(=O)N[C@H](c2ccccc2F)c2nccn2C)c(C)s1. The van der Waals surface area contributed by atoms with Crippen LogP contribution >= 0.6 is 11.3 Å². The van der Waals surface area contributed by atoms with Gasteiger partial charge in [-0.3, -0.25) is 4.79 Å². The smallest absolute Gasteiger partial charge is 0.253 e. The monoisotopic (exact) mass is 343 g/mol. The van der Waals surface area contributed by atoms with Crippen LogP contribution in [0.15, 0.2) is 42.7 Å². The lowest BCUT2D eigenvalue weighted by atomic mass is 10.0. The Morgan fingerprint density at radius 3 is 2.67 bits per heavy atom. The van der Waals surface area contributed by atoms with Crippen molar-refractivity contribution in [2.75, 3.05) is 0 Å². The molecule has 3 rings (SSSR count). The van der Waals surface area contributed by atoms with E-state index in [0.29, 0.717) is 17.0 Å². The van der Waals surface area contributed by atoms with E-state index in [1.54, 1.807) is 46.5 Å². The second-order valence-electron chi connectivity index (χ2n) is 5.65. The summed E-state index contributed by atoms with van der Waals surface area (Å²) in [7, 11) is 1.82. The van der Waals surface area contributed by atoms with Gasteiger partial charge in [-0.2, -0.15) is 0 Å². The molecule has 0 radical (unpaired) electrons. The van der Waals surface area contributed by atoms with Crippen LogP contribution in [0.3, 0.4) is 0 Å². The number of imidazole rings is 1. The summed E-state index contributed by atoms with van der Waals surface area (Å²) in [6, 6.07) is 7.63. The standard InChI is InChI=1S/C18H18FN3OS/c1-11-10-14(12(2)24-11)18(23)21-16(17-20-8-9-22(17)3)13-6-4-5-7-15(13)19/h4-10,16H,1-3H3,(H,21,23)/t16-/m1/s1. The van der Waals surface area contributed by atoms with Crippen molar-refractivity contribution in [1.29, 1.82) is 0 Å². The molecule has 0 spiro atoms. The highest BCUT2D eigenvalue weighted by Crippen LogP contribution is 2.25. The summed E-state index contributed by atoms with van der Waals surface area (Å²) in [5.41, 5.74) is 1.01. The fourth-order valence-electron chi connectivity index (χ4n) is 2.71. The summed E-state index contributed by atoms with van der Waals surface area (Å²) < 4.78 is 16.1. The van der Waals surface area contributed by atoms with Gasteiger partial charge in [-0.05, 0) is 26.0 Å². The number of hydrogen-bond acceptors (Lipinski definition) is 3. The third-order valence-corrected chi connectivity index (χ3v) is 4.86. The molecule has 2 aromatic heterocycles. The van der Waals surface area contributed by atoms with Gasteiger partial charge in [0.2, 0.25) is 0 Å². The van der Waals surface area contributed by atoms with Crippen LogP contribution in [0.2, 0.25) is 0 Å². The molecule has 24 heavy (non-hydrogen) atoms. The normalized spacial score (nSPS) is 12.2. The Kier molecular flexibility index (Phi) is 4.49. The molecule has 124 valence electrons. The molecule has 0 fully saturated rings. The van der Waals surface area contributed by atoms with Crippen LogP contribution in [0.5, 0.6) is 0 Å². The zero-order chi connectivity index (χ0) is 17.3. The summed E-state index contributed by atoms with van der Waals surface area (Å²) in [4.78, 5) is 19.0. The maximum atomic E-state index is 14.3. The van der Waals surface area contributed by atoms with E-state index in [-0.39, 0.29) is 11.7 Å². The molecule has 3 aromatic rings. The van der Waals surface area contributed by atoms with Gasteiger partial charge in [-0.25, -0.2) is 9.37 Å². The number of aryl methyl sites for hydroxylation is 3. The Hall–Kier alpha value is -2.47. The lowest BCUT2D eigenvalue weighted by Crippen LogP contribution is -2.31. The molecule has 0 saturated carbocycles. The largest absolute Gasteiger partial charge is 0.338 e. The van der Waals surface area contributed by atoms with Crippen molar-refractivity contribution in [3.05, 3.63) is 75.2 Å². The number of rotatable bonds is 4. The molecular weight excluding hydrogens is 325 g/mol. The highest BCUT2D eigenvalue weighted by atomic mass is 32.1. The van der Waals surface area contributed by atoms with Crippen LogP contribution in [0, 0.1) is 19.7 Å². The third kappa shape index (κ3) is 3.10. The van der Waals surface area contributed by atoms with Gasteiger partial charge in [-0.15, -0.1) is 11.3 Å². The molecule has 0 aliphatic carbocycles. The van der Waals surface area contributed by atoms with E-state index in [4.69, 9.17) is 0 Å². The van der Waals surface area contributed by atoms with Crippen LogP contribution in [-0.2, 0) is 7.05 Å². The van der Waals surface area contributed by atoms with Crippen molar-refractivity contribution in [3.63, 3.8) is 0 Å². The highest BCUT2D eigenvalue weighted by Gasteiger charge is 2.25. The first-order valence-electron chi connectivity index (χ1n) is 7.57. The molecule has 6 heteroatoms. The molecule has 1 N–H and O–H groups in total. The molecule has 1 atom stereocenters. The predicted octanol–water partition coefficient (Wildman–Crippen LogP) is 3.76. The number of aromatic nitrogens is 2. The molecule has 0 aliphatic rings. The molecule has 0 unspecified atom stereocenters. The second kappa shape index (κ2) is 6.57. The first-order chi connectivity index (χ1) is 11.5. The quantitative estimate of drug-likeness (QED) is 0.784. The van der Waals surface area contributed by atoms with Crippen molar-refractivity contribution in [1.82, 2.24) is 14.9 Å². The number of carbonyl (C=O) groups excluding carboxylic acids is 1. The van der Waals surface area contributed by atoms with E-state index in [0.717, 1.165) is 9.75 Å². The lowest BCUT2D eigenvalue weighted by molar-refractivity contribution is 0.0940. The van der Waals surface area contributed by atoms with Gasteiger partial charge in [0.25, 0.3) is 5.91 Å². The van der Waals surface area contributed by atoms with Gasteiger partial charge in [0, 0.05) is 34.8 Å². The van der Waals surface area contributed by atoms with Gasteiger partial charge < -0.3 is 9.88 Å². The first-order valence-corrected chi connectivity index (χ1v) is 8.38. The Bertz CT molecular complexity index is 884. The van der Waals surface area contributed by atoms with Crippen molar-refractivity contribution < 1.29 is 9.18 Å². The number of nitrogens with zero attached hydrogens (tertiary/aromatic N) is 2. The summed E-state index contributed by atoms with van der Waals surface area (Å²) in [5, 5.41) is 2.93. The summed E-state index contributed by atoms with van der Waals surface area (Å²) in [6.07, 6.45) is 3.41. The van der Waals surface area contributed by atoms with Crippen molar-refractivity contribution in [2.45, 2.75) is 19.9 Å². The minimum Gasteiger partial charge on any atom is -0.338 e. The lowest BCUT2D eigenvalue weighted by Gasteiger charge is -2.19. The Morgan fingerprint density at radius 2 is 2.08 bits per heavy atom.